The predicted octanol–water partition coefficient (Wildman–Crippen LogP) is 4.73. The Labute approximate surface area is 125 Å². The molecule has 0 spiro atoms. The Morgan fingerprint density at radius 1 is 1.10 bits per heavy atom. The highest BCUT2D eigenvalue weighted by Crippen LogP contribution is 2.28. The molecule has 0 amide bonds. The molecule has 0 saturated carbocycles. The molecule has 2 N–H and O–H groups in total. The van der Waals surface area contributed by atoms with Crippen LogP contribution in [0.4, 0.5) is 0 Å². The summed E-state index contributed by atoms with van der Waals surface area (Å²) in [6.45, 7) is 6.48. The lowest BCUT2D eigenvalue weighted by atomic mass is 10.0. The van der Waals surface area contributed by atoms with Crippen molar-refractivity contribution < 1.29 is 4.74 Å². The van der Waals surface area contributed by atoms with Crippen LogP contribution in [0.25, 0.3) is 0 Å². The summed E-state index contributed by atoms with van der Waals surface area (Å²) in [7, 11) is 0. The van der Waals surface area contributed by atoms with Gasteiger partial charge in [-0.1, -0.05) is 32.9 Å². The normalized spacial score (nSPS) is 14.2. The summed E-state index contributed by atoms with van der Waals surface area (Å²) in [5.41, 5.74) is 8.70. The van der Waals surface area contributed by atoms with Gasteiger partial charge in [-0.2, -0.15) is 11.3 Å². The van der Waals surface area contributed by atoms with Gasteiger partial charge < -0.3 is 10.5 Å². The first-order valence-electron chi connectivity index (χ1n) is 7.16. The molecule has 20 heavy (non-hydrogen) atoms. The Morgan fingerprint density at radius 3 is 2.30 bits per heavy atom. The molecule has 0 bridgehead atoms. The summed E-state index contributed by atoms with van der Waals surface area (Å²) in [6, 6.07) is 10.4. The number of nitrogens with two attached hydrogens (primary N) is 1. The molecule has 0 radical (unpaired) electrons. The van der Waals surface area contributed by atoms with Crippen molar-refractivity contribution in [3.05, 3.63) is 52.2 Å². The molecule has 2 nitrogen and oxygen atoms in total. The van der Waals surface area contributed by atoms with Gasteiger partial charge in [-0.3, -0.25) is 0 Å². The van der Waals surface area contributed by atoms with Crippen LogP contribution in [0.3, 0.4) is 0 Å². The third-order valence-electron chi connectivity index (χ3n) is 3.54. The fourth-order valence-corrected chi connectivity index (χ4v) is 2.82. The maximum atomic E-state index is 6.21. The van der Waals surface area contributed by atoms with Gasteiger partial charge in [0.1, 0.15) is 11.9 Å². The van der Waals surface area contributed by atoms with Gasteiger partial charge in [-0.05, 0) is 46.9 Å². The minimum absolute atomic E-state index is 0.00868. The Kier molecular flexibility index (Phi) is 5.21. The maximum Gasteiger partial charge on any atom is 0.140 e. The van der Waals surface area contributed by atoms with E-state index >= 15 is 0 Å². The minimum atomic E-state index is -0.0730. The lowest BCUT2D eigenvalue weighted by Gasteiger charge is -2.24. The predicted molar refractivity (Wildman–Crippen MR) is 86.5 cm³/mol. The van der Waals surface area contributed by atoms with E-state index in [-0.39, 0.29) is 12.1 Å². The average Bonchev–Trinajstić information content (AvgIpc) is 2.98. The van der Waals surface area contributed by atoms with Gasteiger partial charge in [0, 0.05) is 11.6 Å². The van der Waals surface area contributed by atoms with Crippen LogP contribution in [0.2, 0.25) is 0 Å². The monoisotopic (exact) mass is 289 g/mol. The van der Waals surface area contributed by atoms with Gasteiger partial charge in [-0.25, -0.2) is 0 Å². The first-order chi connectivity index (χ1) is 9.61. The highest BCUT2D eigenvalue weighted by molar-refractivity contribution is 7.07. The van der Waals surface area contributed by atoms with E-state index < -0.39 is 0 Å². The van der Waals surface area contributed by atoms with Gasteiger partial charge in [-0.15, -0.1) is 0 Å². The molecular formula is C17H23NOS. The first kappa shape index (κ1) is 15.1. The molecule has 2 unspecified atom stereocenters. The van der Waals surface area contributed by atoms with Crippen LogP contribution in [-0.2, 0) is 0 Å². The molecule has 0 aliphatic rings. The molecule has 0 saturated heterocycles. The van der Waals surface area contributed by atoms with E-state index in [0.717, 1.165) is 17.7 Å². The minimum Gasteiger partial charge on any atom is -0.484 e. The Morgan fingerprint density at radius 2 is 1.80 bits per heavy atom. The SMILES string of the molecule is CCC(N)C(Oc1ccc(C(C)C)cc1)c1ccsc1. The van der Waals surface area contributed by atoms with E-state index in [1.54, 1.807) is 11.3 Å². The average molecular weight is 289 g/mol. The van der Waals surface area contributed by atoms with Crippen molar-refractivity contribution in [2.24, 2.45) is 5.73 Å². The smallest absolute Gasteiger partial charge is 0.140 e. The van der Waals surface area contributed by atoms with Crippen LogP contribution in [0.5, 0.6) is 5.75 Å². The van der Waals surface area contributed by atoms with Crippen molar-refractivity contribution in [1.29, 1.82) is 0 Å². The van der Waals surface area contributed by atoms with E-state index in [1.807, 2.05) is 12.1 Å². The van der Waals surface area contributed by atoms with Crippen LogP contribution < -0.4 is 10.5 Å². The molecule has 1 aromatic carbocycles. The van der Waals surface area contributed by atoms with Crippen LogP contribution in [0, 0.1) is 0 Å². The topological polar surface area (TPSA) is 35.2 Å². The van der Waals surface area contributed by atoms with Crippen LogP contribution in [0.1, 0.15) is 50.3 Å². The standard InChI is InChI=1S/C17H23NOS/c1-4-16(18)17(14-9-10-20-11-14)19-15-7-5-13(6-8-15)12(2)3/h5-12,16-17H,4,18H2,1-3H3. The zero-order valence-electron chi connectivity index (χ0n) is 12.4. The van der Waals surface area contributed by atoms with Crippen molar-refractivity contribution in [2.75, 3.05) is 0 Å². The van der Waals surface area contributed by atoms with Crippen LogP contribution >= 0.6 is 11.3 Å². The lowest BCUT2D eigenvalue weighted by Crippen LogP contribution is -2.31. The zero-order valence-corrected chi connectivity index (χ0v) is 13.2. The third-order valence-corrected chi connectivity index (χ3v) is 4.24. The molecular weight excluding hydrogens is 266 g/mol. The number of hydrogen-bond acceptors (Lipinski definition) is 3. The summed E-state index contributed by atoms with van der Waals surface area (Å²) in [5.74, 6) is 1.42. The van der Waals surface area contributed by atoms with E-state index in [9.17, 15) is 0 Å². The highest BCUT2D eigenvalue weighted by Gasteiger charge is 2.20. The lowest BCUT2D eigenvalue weighted by molar-refractivity contribution is 0.171. The number of hydrogen-bond donors (Lipinski definition) is 1. The van der Waals surface area contributed by atoms with E-state index in [2.05, 4.69) is 49.7 Å². The number of thiophene rings is 1. The molecule has 1 aromatic heterocycles. The second kappa shape index (κ2) is 6.91. The molecule has 0 fully saturated rings. The number of rotatable bonds is 6. The first-order valence-corrected chi connectivity index (χ1v) is 8.10. The van der Waals surface area contributed by atoms with Gasteiger partial charge in [0.25, 0.3) is 0 Å². The Bertz CT molecular complexity index is 504. The summed E-state index contributed by atoms with van der Waals surface area (Å²) in [6.07, 6.45) is 0.820. The van der Waals surface area contributed by atoms with E-state index in [1.165, 1.54) is 5.56 Å². The van der Waals surface area contributed by atoms with E-state index in [4.69, 9.17) is 10.5 Å². The molecule has 108 valence electrons. The highest BCUT2D eigenvalue weighted by atomic mass is 32.1. The fraction of sp³-hybridized carbons (Fsp3) is 0.412. The van der Waals surface area contributed by atoms with Crippen molar-refractivity contribution in [3.63, 3.8) is 0 Å². The Hall–Kier alpha value is -1.32. The van der Waals surface area contributed by atoms with Crippen LogP contribution in [-0.4, -0.2) is 6.04 Å². The molecule has 2 aromatic rings. The molecule has 0 aliphatic carbocycles. The largest absolute Gasteiger partial charge is 0.484 e. The van der Waals surface area contributed by atoms with Crippen molar-refractivity contribution in [3.8, 4) is 5.75 Å². The van der Waals surface area contributed by atoms with Gasteiger partial charge >= 0.3 is 0 Å². The summed E-state index contributed by atoms with van der Waals surface area (Å²) in [4.78, 5) is 0. The fourth-order valence-electron chi connectivity index (χ4n) is 2.13. The molecule has 2 rings (SSSR count). The van der Waals surface area contributed by atoms with Crippen molar-refractivity contribution in [1.82, 2.24) is 0 Å². The molecule has 2 atom stereocenters. The summed E-state index contributed by atoms with van der Waals surface area (Å²) >= 11 is 1.68. The van der Waals surface area contributed by atoms with Gasteiger partial charge in [0.05, 0.1) is 0 Å². The third kappa shape index (κ3) is 3.62. The van der Waals surface area contributed by atoms with Gasteiger partial charge in [0.2, 0.25) is 0 Å². The van der Waals surface area contributed by atoms with Crippen molar-refractivity contribution in [2.45, 2.75) is 45.3 Å². The van der Waals surface area contributed by atoms with E-state index in [0.29, 0.717) is 5.92 Å². The van der Waals surface area contributed by atoms with Gasteiger partial charge in [0.15, 0.2) is 0 Å². The second-order valence-corrected chi connectivity index (χ2v) is 6.17. The van der Waals surface area contributed by atoms with Crippen molar-refractivity contribution >= 4 is 11.3 Å². The molecule has 3 heteroatoms. The maximum absolute atomic E-state index is 6.21. The molecule has 1 heterocycles. The number of ether oxygens (including phenoxy) is 1. The van der Waals surface area contributed by atoms with Crippen LogP contribution in [0.15, 0.2) is 41.1 Å². The quantitative estimate of drug-likeness (QED) is 0.834. The summed E-state index contributed by atoms with van der Waals surface area (Å²) in [5, 5.41) is 4.18. The number of benzene rings is 1. The Balaban J connectivity index is 2.15. The summed E-state index contributed by atoms with van der Waals surface area (Å²) < 4.78 is 6.13. The molecule has 0 aliphatic heterocycles. The second-order valence-electron chi connectivity index (χ2n) is 5.39. The zero-order chi connectivity index (χ0) is 14.5.